The fourth-order valence-corrected chi connectivity index (χ4v) is 4.26. The van der Waals surface area contributed by atoms with Gasteiger partial charge in [0, 0.05) is 37.1 Å². The molecule has 5 atom stereocenters. The summed E-state index contributed by atoms with van der Waals surface area (Å²) in [6.07, 6.45) is -3.49. The van der Waals surface area contributed by atoms with Gasteiger partial charge in [-0.3, -0.25) is 4.84 Å². The minimum Gasteiger partial charge on any atom is -0.455 e. The lowest BCUT2D eigenvalue weighted by atomic mass is 10.1. The SMILES string of the molecule is CON(CCCc1ccc(N(CCCl)CCCl)cc1)[C@@H]1O[C@H]2[C@H](OC(=O)[C@H]2O)[C@H]1O. The maximum absolute atomic E-state index is 11.4. The summed E-state index contributed by atoms with van der Waals surface area (Å²) >= 11 is 11.7. The molecule has 0 aromatic heterocycles. The van der Waals surface area contributed by atoms with E-state index >= 15 is 0 Å². The van der Waals surface area contributed by atoms with Gasteiger partial charge in [0.1, 0.15) is 12.2 Å². The van der Waals surface area contributed by atoms with E-state index in [1.54, 1.807) is 0 Å². The fraction of sp³-hybridized carbons (Fsp3) is 0.650. The standard InChI is InChI=1S/C20H28Cl2N2O6/c1-28-24(19-15(25)17-18(29-19)16(26)20(27)30-17)10-2-3-13-4-6-14(7-5-13)23(11-8-21)12-9-22/h4-7,15-19,25-26H,2-3,8-12H2,1H3/t15-,16+,17-,18-,19-/m1/s1. The molecular weight excluding hydrogens is 435 g/mol. The Morgan fingerprint density at radius 2 is 1.73 bits per heavy atom. The van der Waals surface area contributed by atoms with Crippen molar-refractivity contribution in [3.05, 3.63) is 29.8 Å². The number of hydroxylamine groups is 2. The predicted molar refractivity (Wildman–Crippen MR) is 113 cm³/mol. The number of halogens is 2. The Kier molecular flexibility index (Phi) is 8.59. The Balaban J connectivity index is 1.51. The van der Waals surface area contributed by atoms with Gasteiger partial charge in [0.15, 0.2) is 18.4 Å². The molecule has 1 aromatic rings. The molecule has 0 saturated carbocycles. The molecule has 30 heavy (non-hydrogen) atoms. The van der Waals surface area contributed by atoms with Gasteiger partial charge in [0.2, 0.25) is 0 Å². The second kappa shape index (κ2) is 10.9. The zero-order valence-electron chi connectivity index (χ0n) is 16.8. The first-order valence-electron chi connectivity index (χ1n) is 9.98. The number of hydrogen-bond donors (Lipinski definition) is 2. The van der Waals surface area contributed by atoms with Gasteiger partial charge in [-0.15, -0.1) is 23.2 Å². The lowest BCUT2D eigenvalue weighted by Gasteiger charge is -2.28. The summed E-state index contributed by atoms with van der Waals surface area (Å²) in [7, 11) is 1.49. The number of carbonyl (C=O) groups excluding carboxylic acids is 1. The van der Waals surface area contributed by atoms with Crippen molar-refractivity contribution in [3.63, 3.8) is 0 Å². The van der Waals surface area contributed by atoms with Gasteiger partial charge in [-0.05, 0) is 30.5 Å². The molecule has 0 amide bonds. The molecule has 0 spiro atoms. The highest BCUT2D eigenvalue weighted by atomic mass is 35.5. The minimum atomic E-state index is -1.39. The predicted octanol–water partition coefficient (Wildman–Crippen LogP) is 1.14. The molecule has 8 nitrogen and oxygen atoms in total. The number of benzene rings is 1. The van der Waals surface area contributed by atoms with Crippen LogP contribution in [0.15, 0.2) is 24.3 Å². The average molecular weight is 463 g/mol. The molecule has 3 rings (SSSR count). The monoisotopic (exact) mass is 462 g/mol. The third-order valence-electron chi connectivity index (χ3n) is 5.43. The van der Waals surface area contributed by atoms with E-state index in [-0.39, 0.29) is 0 Å². The topological polar surface area (TPSA) is 91.7 Å². The van der Waals surface area contributed by atoms with Crippen LogP contribution in [0.4, 0.5) is 5.69 Å². The number of hydrogen-bond acceptors (Lipinski definition) is 8. The average Bonchev–Trinajstić information content (AvgIpc) is 3.21. The van der Waals surface area contributed by atoms with Gasteiger partial charge in [0.05, 0.1) is 7.11 Å². The highest BCUT2D eigenvalue weighted by Crippen LogP contribution is 2.33. The number of carbonyl (C=O) groups is 1. The van der Waals surface area contributed by atoms with Gasteiger partial charge in [-0.25, -0.2) is 4.79 Å². The second-order valence-corrected chi connectivity index (χ2v) is 8.04. The molecule has 0 bridgehead atoms. The zero-order valence-corrected chi connectivity index (χ0v) is 18.3. The minimum absolute atomic E-state index is 0.494. The molecule has 0 aliphatic carbocycles. The van der Waals surface area contributed by atoms with Gasteiger partial charge < -0.3 is 24.6 Å². The van der Waals surface area contributed by atoms with E-state index in [0.29, 0.717) is 18.3 Å². The molecule has 10 heteroatoms. The number of aliphatic hydroxyl groups excluding tert-OH is 2. The lowest BCUT2D eigenvalue weighted by Crippen LogP contribution is -2.44. The molecule has 2 N–H and O–H groups in total. The van der Waals surface area contributed by atoms with Crippen LogP contribution in [-0.4, -0.2) is 90.4 Å². The number of alkyl halides is 2. The Morgan fingerprint density at radius 1 is 1.07 bits per heavy atom. The first-order valence-corrected chi connectivity index (χ1v) is 11.1. The van der Waals surface area contributed by atoms with E-state index in [4.69, 9.17) is 37.5 Å². The molecule has 168 valence electrons. The summed E-state index contributed by atoms with van der Waals surface area (Å²) in [5, 5.41) is 21.8. The van der Waals surface area contributed by atoms with Crippen LogP contribution in [0.3, 0.4) is 0 Å². The van der Waals surface area contributed by atoms with Crippen molar-refractivity contribution in [2.75, 3.05) is 43.4 Å². The van der Waals surface area contributed by atoms with Crippen molar-refractivity contribution in [2.24, 2.45) is 0 Å². The summed E-state index contributed by atoms with van der Waals surface area (Å²) in [5.74, 6) is 0.308. The van der Waals surface area contributed by atoms with Gasteiger partial charge in [-0.1, -0.05) is 12.1 Å². The highest BCUT2D eigenvalue weighted by molar-refractivity contribution is 6.18. The first kappa shape index (κ1) is 23.5. The number of ether oxygens (including phenoxy) is 2. The number of nitrogens with zero attached hydrogens (tertiary/aromatic N) is 2. The summed E-state index contributed by atoms with van der Waals surface area (Å²) in [6.45, 7) is 1.98. The van der Waals surface area contributed by atoms with Crippen LogP contribution in [-0.2, 0) is 25.5 Å². The maximum atomic E-state index is 11.4. The summed E-state index contributed by atoms with van der Waals surface area (Å²) in [6, 6.07) is 8.26. The third-order valence-corrected chi connectivity index (χ3v) is 5.76. The van der Waals surface area contributed by atoms with E-state index < -0.39 is 36.6 Å². The summed E-state index contributed by atoms with van der Waals surface area (Å²) < 4.78 is 10.7. The quantitative estimate of drug-likeness (QED) is 0.287. The Bertz CT molecular complexity index is 688. The normalized spacial score (nSPS) is 28.1. The van der Waals surface area contributed by atoms with E-state index in [0.717, 1.165) is 31.6 Å². The fourth-order valence-electron chi connectivity index (χ4n) is 3.85. The molecule has 2 heterocycles. The van der Waals surface area contributed by atoms with Gasteiger partial charge in [0.25, 0.3) is 0 Å². The van der Waals surface area contributed by atoms with E-state index in [9.17, 15) is 15.0 Å². The van der Waals surface area contributed by atoms with Crippen LogP contribution in [0.5, 0.6) is 0 Å². The van der Waals surface area contributed by atoms with Crippen molar-refractivity contribution in [1.29, 1.82) is 0 Å². The van der Waals surface area contributed by atoms with Crippen molar-refractivity contribution in [3.8, 4) is 0 Å². The van der Waals surface area contributed by atoms with E-state index in [2.05, 4.69) is 29.2 Å². The van der Waals surface area contributed by atoms with Crippen LogP contribution in [0.25, 0.3) is 0 Å². The number of aliphatic hydroxyl groups is 2. The molecule has 2 aliphatic heterocycles. The van der Waals surface area contributed by atoms with E-state index in [1.807, 2.05) is 0 Å². The van der Waals surface area contributed by atoms with Gasteiger partial charge in [-0.2, -0.15) is 5.06 Å². The molecule has 2 aliphatic rings. The molecular formula is C20H28Cl2N2O6. The van der Waals surface area contributed by atoms with Crippen molar-refractivity contribution in [1.82, 2.24) is 5.06 Å². The second-order valence-electron chi connectivity index (χ2n) is 7.29. The number of anilines is 1. The van der Waals surface area contributed by atoms with Crippen LogP contribution in [0.2, 0.25) is 0 Å². The third kappa shape index (κ3) is 5.19. The largest absolute Gasteiger partial charge is 0.455 e. The number of rotatable bonds is 11. The Morgan fingerprint density at radius 3 is 2.30 bits per heavy atom. The highest BCUT2D eigenvalue weighted by Gasteiger charge is 2.58. The Labute approximate surface area is 186 Å². The summed E-state index contributed by atoms with van der Waals surface area (Å²) in [5.41, 5.74) is 2.25. The van der Waals surface area contributed by atoms with Crippen molar-refractivity contribution < 1.29 is 29.3 Å². The molecule has 0 unspecified atom stereocenters. The van der Waals surface area contributed by atoms with E-state index in [1.165, 1.54) is 17.7 Å². The van der Waals surface area contributed by atoms with Crippen LogP contribution in [0, 0.1) is 0 Å². The maximum Gasteiger partial charge on any atom is 0.338 e. The smallest absolute Gasteiger partial charge is 0.338 e. The zero-order chi connectivity index (χ0) is 21.7. The summed E-state index contributed by atoms with van der Waals surface area (Å²) in [4.78, 5) is 18.9. The lowest BCUT2D eigenvalue weighted by molar-refractivity contribution is -0.254. The van der Waals surface area contributed by atoms with Crippen LogP contribution >= 0.6 is 23.2 Å². The van der Waals surface area contributed by atoms with Crippen molar-refractivity contribution in [2.45, 2.75) is 43.5 Å². The Hall–Kier alpha value is -1.13. The number of esters is 1. The van der Waals surface area contributed by atoms with Crippen molar-refractivity contribution >= 4 is 34.9 Å². The van der Waals surface area contributed by atoms with Crippen LogP contribution < -0.4 is 4.90 Å². The molecule has 1 aromatic carbocycles. The molecule has 2 saturated heterocycles. The van der Waals surface area contributed by atoms with Crippen LogP contribution in [0.1, 0.15) is 12.0 Å². The van der Waals surface area contributed by atoms with Gasteiger partial charge >= 0.3 is 5.97 Å². The first-order chi connectivity index (χ1) is 14.5. The number of fused-ring (bicyclic) bond motifs is 1. The number of aryl methyl sites for hydroxylation is 1. The molecule has 2 fully saturated rings. The molecule has 0 radical (unpaired) electrons.